The predicted octanol–water partition coefficient (Wildman–Crippen LogP) is 3.76. The van der Waals surface area contributed by atoms with E-state index >= 15 is 0 Å². The number of piperidine rings is 1. The summed E-state index contributed by atoms with van der Waals surface area (Å²) in [7, 11) is 0. The van der Waals surface area contributed by atoms with Crippen LogP contribution in [0.1, 0.15) is 35.4 Å². The summed E-state index contributed by atoms with van der Waals surface area (Å²) in [6.45, 7) is 1.93. The molecule has 1 aliphatic heterocycles. The van der Waals surface area contributed by atoms with Gasteiger partial charge in [-0.15, -0.1) is 0 Å². The molecule has 0 bridgehead atoms. The molecule has 0 aromatic heterocycles. The Labute approximate surface area is 233 Å². The predicted molar refractivity (Wildman–Crippen MR) is 150 cm³/mol. The highest BCUT2D eigenvalue weighted by molar-refractivity contribution is 5.91. The lowest BCUT2D eigenvalue weighted by molar-refractivity contribution is -0.131. The summed E-state index contributed by atoms with van der Waals surface area (Å²) in [5.41, 5.74) is 4.46. The average Bonchev–Trinajstić information content (AvgIpc) is 3.29. The molecule has 2 amide bonds. The molecule has 204 valence electrons. The molecule has 3 N–H and O–H groups in total. The zero-order valence-corrected chi connectivity index (χ0v) is 22.1. The number of aliphatic carboxylic acids is 1. The summed E-state index contributed by atoms with van der Waals surface area (Å²) in [6.07, 6.45) is 0.0925. The minimum Gasteiger partial charge on any atom is -0.472 e. The molecule has 0 unspecified atom stereocenters. The van der Waals surface area contributed by atoms with E-state index in [-0.39, 0.29) is 19.1 Å². The van der Waals surface area contributed by atoms with Crippen LogP contribution in [0.25, 0.3) is 11.1 Å². The van der Waals surface area contributed by atoms with Crippen LogP contribution in [0.3, 0.4) is 0 Å². The summed E-state index contributed by atoms with van der Waals surface area (Å²) >= 11 is 0. The van der Waals surface area contributed by atoms with Crippen molar-refractivity contribution < 1.29 is 24.2 Å². The lowest BCUT2D eigenvalue weighted by Gasteiger charge is -2.40. The van der Waals surface area contributed by atoms with Gasteiger partial charge in [0.1, 0.15) is 12.1 Å². The summed E-state index contributed by atoms with van der Waals surface area (Å²) in [5, 5.41) is 14.3. The van der Waals surface area contributed by atoms with Crippen LogP contribution in [0.2, 0.25) is 0 Å². The van der Waals surface area contributed by atoms with Crippen LogP contribution in [0, 0.1) is 11.8 Å². The Morgan fingerprint density at radius 1 is 0.900 bits per heavy atom. The molecule has 8 heteroatoms. The number of carboxylic acids is 1. The number of nitrogens with zero attached hydrogens (tertiary/aromatic N) is 1. The van der Waals surface area contributed by atoms with Gasteiger partial charge in [-0.2, -0.15) is 0 Å². The van der Waals surface area contributed by atoms with Crippen molar-refractivity contribution in [2.45, 2.75) is 30.8 Å². The topological polar surface area (TPSA) is 108 Å². The largest absolute Gasteiger partial charge is 0.472 e. The lowest BCUT2D eigenvalue weighted by Crippen LogP contribution is -2.63. The molecule has 8 nitrogen and oxygen atoms in total. The van der Waals surface area contributed by atoms with E-state index in [0.29, 0.717) is 25.9 Å². The molecule has 0 radical (unpaired) electrons. The number of alkyl carbamates (subject to hydrolysis) is 1. The molecule has 2 aliphatic rings. The van der Waals surface area contributed by atoms with Crippen LogP contribution in [-0.2, 0) is 20.9 Å². The van der Waals surface area contributed by atoms with E-state index < -0.39 is 23.5 Å². The van der Waals surface area contributed by atoms with E-state index in [1.807, 2.05) is 48.4 Å². The monoisotopic (exact) mass is 537 g/mol. The third kappa shape index (κ3) is 6.00. The molecule has 0 spiro atoms. The van der Waals surface area contributed by atoms with Gasteiger partial charge in [0.2, 0.25) is 5.91 Å². The summed E-state index contributed by atoms with van der Waals surface area (Å²) in [6, 6.07) is 26.3. The van der Waals surface area contributed by atoms with E-state index in [2.05, 4.69) is 57.9 Å². The summed E-state index contributed by atoms with van der Waals surface area (Å²) in [4.78, 5) is 39.4. The highest BCUT2D eigenvalue weighted by Gasteiger charge is 2.43. The first kappa shape index (κ1) is 27.0. The van der Waals surface area contributed by atoms with Crippen LogP contribution in [0.15, 0.2) is 78.9 Å². The van der Waals surface area contributed by atoms with Crippen molar-refractivity contribution in [1.29, 1.82) is 0 Å². The second-order valence-corrected chi connectivity index (χ2v) is 10.1. The van der Waals surface area contributed by atoms with Gasteiger partial charge in [0.15, 0.2) is 0 Å². The first-order valence-corrected chi connectivity index (χ1v) is 13.3. The van der Waals surface area contributed by atoms with Gasteiger partial charge in [-0.05, 0) is 40.7 Å². The van der Waals surface area contributed by atoms with E-state index in [4.69, 9.17) is 9.84 Å². The molecule has 40 heavy (non-hydrogen) atoms. The van der Waals surface area contributed by atoms with Gasteiger partial charge in [-0.3, -0.25) is 9.69 Å². The van der Waals surface area contributed by atoms with Gasteiger partial charge in [0, 0.05) is 31.5 Å². The van der Waals surface area contributed by atoms with Gasteiger partial charge in [-0.1, -0.05) is 84.8 Å². The Morgan fingerprint density at radius 3 is 2.12 bits per heavy atom. The van der Waals surface area contributed by atoms with Crippen molar-refractivity contribution in [3.63, 3.8) is 0 Å². The number of carbonyl (C=O) groups excluding carboxylic acids is 2. The average molecular weight is 538 g/mol. The number of hydrogen-bond acceptors (Lipinski definition) is 5. The Hall–Kier alpha value is -4.61. The highest BCUT2D eigenvalue weighted by Crippen LogP contribution is 2.44. The number of carboxylic acid groups (broad SMARTS) is 1. The fraction of sp³-hybridized carbons (Fsp3) is 0.281. The summed E-state index contributed by atoms with van der Waals surface area (Å²) in [5.74, 6) is 2.64. The van der Waals surface area contributed by atoms with E-state index in [9.17, 15) is 14.4 Å². The number of carbonyl (C=O) groups is 3. The molecule has 0 atom stereocenters. The van der Waals surface area contributed by atoms with Crippen molar-refractivity contribution in [1.82, 2.24) is 15.5 Å². The van der Waals surface area contributed by atoms with Gasteiger partial charge < -0.3 is 20.5 Å². The van der Waals surface area contributed by atoms with Crippen molar-refractivity contribution >= 4 is 18.0 Å². The van der Waals surface area contributed by atoms with Gasteiger partial charge >= 0.3 is 12.1 Å². The number of likely N-dealkylation sites (tertiary alicyclic amines) is 1. The molecule has 3 aromatic rings. The minimum atomic E-state index is -1.27. The number of fused-ring (bicyclic) bond motifs is 3. The SMILES string of the molecule is O=C(O)C#CCNC(=O)C1(NC(=O)OCC2c3ccccc3-c3ccccc32)CCN(Cc2ccccc2)CC1. The number of hydrogen-bond donors (Lipinski definition) is 3. The first-order chi connectivity index (χ1) is 19.4. The molecule has 3 aromatic carbocycles. The highest BCUT2D eigenvalue weighted by atomic mass is 16.5. The summed E-state index contributed by atoms with van der Waals surface area (Å²) < 4.78 is 5.75. The molecular weight excluding hydrogens is 506 g/mol. The van der Waals surface area contributed by atoms with Crippen LogP contribution in [0.5, 0.6) is 0 Å². The molecule has 1 heterocycles. The van der Waals surface area contributed by atoms with E-state index in [0.717, 1.165) is 28.8 Å². The third-order valence-electron chi connectivity index (χ3n) is 7.61. The molecular formula is C32H31N3O5. The normalized spacial score (nSPS) is 15.6. The maximum atomic E-state index is 13.3. The molecule has 1 aliphatic carbocycles. The van der Waals surface area contributed by atoms with Gasteiger partial charge in [0.05, 0.1) is 6.54 Å². The zero-order valence-electron chi connectivity index (χ0n) is 22.1. The zero-order chi connectivity index (χ0) is 28.0. The Balaban J connectivity index is 1.26. The number of nitrogens with one attached hydrogen (secondary N) is 2. The molecule has 0 saturated carbocycles. The standard InChI is InChI=1S/C32H31N3O5/c36-29(37)15-8-18-33-30(38)32(16-19-35(20-17-32)21-23-9-2-1-3-10-23)34-31(39)40-22-28-26-13-6-4-11-24(26)25-12-5-7-14-27(25)28/h1-7,9-14,28H,16-22H2,(H,33,38)(H,34,39)(H,36,37). The van der Waals surface area contributed by atoms with Crippen molar-refractivity contribution in [2.24, 2.45) is 0 Å². The quantitative estimate of drug-likeness (QED) is 0.396. The maximum absolute atomic E-state index is 13.3. The number of amides is 2. The second kappa shape index (κ2) is 12.1. The Morgan fingerprint density at radius 2 is 1.50 bits per heavy atom. The molecule has 1 fully saturated rings. The molecule has 5 rings (SSSR count). The van der Waals surface area contributed by atoms with Gasteiger partial charge in [-0.25, -0.2) is 9.59 Å². The van der Waals surface area contributed by atoms with E-state index in [1.165, 1.54) is 5.56 Å². The van der Waals surface area contributed by atoms with Crippen LogP contribution in [-0.4, -0.2) is 59.8 Å². The third-order valence-corrected chi connectivity index (χ3v) is 7.61. The molecule has 1 saturated heterocycles. The first-order valence-electron chi connectivity index (χ1n) is 13.3. The maximum Gasteiger partial charge on any atom is 0.408 e. The Bertz CT molecular complexity index is 1410. The number of rotatable bonds is 7. The van der Waals surface area contributed by atoms with Crippen LogP contribution in [0.4, 0.5) is 4.79 Å². The fourth-order valence-electron chi connectivity index (χ4n) is 5.59. The lowest BCUT2D eigenvalue weighted by atomic mass is 9.86. The smallest absolute Gasteiger partial charge is 0.408 e. The number of benzene rings is 3. The van der Waals surface area contributed by atoms with Gasteiger partial charge in [0.25, 0.3) is 0 Å². The minimum absolute atomic E-state index is 0.0954. The van der Waals surface area contributed by atoms with Crippen LogP contribution < -0.4 is 10.6 Å². The van der Waals surface area contributed by atoms with Crippen molar-refractivity contribution in [2.75, 3.05) is 26.2 Å². The fourth-order valence-corrected chi connectivity index (χ4v) is 5.59. The van der Waals surface area contributed by atoms with Crippen LogP contribution >= 0.6 is 0 Å². The number of ether oxygens (including phenoxy) is 1. The van der Waals surface area contributed by atoms with E-state index in [1.54, 1.807) is 0 Å². The second-order valence-electron chi connectivity index (χ2n) is 10.1. The van der Waals surface area contributed by atoms with Crippen molar-refractivity contribution in [3.05, 3.63) is 95.6 Å². The van der Waals surface area contributed by atoms with Crippen molar-refractivity contribution in [3.8, 4) is 23.0 Å². The Kier molecular flexibility index (Phi) is 8.13.